The van der Waals surface area contributed by atoms with Crippen molar-refractivity contribution >= 4 is 17.6 Å². The number of rotatable bonds is 5. The summed E-state index contributed by atoms with van der Waals surface area (Å²) in [6.45, 7) is 1.94. The van der Waals surface area contributed by atoms with Crippen LogP contribution < -0.4 is 5.73 Å². The molecule has 0 saturated heterocycles. The summed E-state index contributed by atoms with van der Waals surface area (Å²) in [4.78, 5) is 8.56. The predicted molar refractivity (Wildman–Crippen MR) is 76.7 cm³/mol. The molecule has 0 spiro atoms. The minimum atomic E-state index is 0.549. The number of nitrogen functional groups attached to an aromatic ring is 1. The Morgan fingerprint density at radius 2 is 1.94 bits per heavy atom. The molecule has 0 unspecified atom stereocenters. The highest BCUT2D eigenvalue weighted by molar-refractivity contribution is 7.99. The van der Waals surface area contributed by atoms with Gasteiger partial charge in [0.2, 0.25) is 0 Å². The van der Waals surface area contributed by atoms with Gasteiger partial charge in [-0.05, 0) is 25.3 Å². The molecule has 0 radical (unpaired) electrons. The summed E-state index contributed by atoms with van der Waals surface area (Å²) in [6.07, 6.45) is 2.21. The predicted octanol–water partition coefficient (Wildman–Crippen LogP) is 3.09. The first-order valence-electron chi connectivity index (χ1n) is 6.02. The lowest BCUT2D eigenvalue weighted by Crippen LogP contribution is -1.97. The molecule has 0 bridgehead atoms. The molecule has 0 saturated carbocycles. The highest BCUT2D eigenvalue weighted by Crippen LogP contribution is 2.17. The Balaban J connectivity index is 1.78. The van der Waals surface area contributed by atoms with Crippen LogP contribution in [0.25, 0.3) is 0 Å². The number of nitrogens with two attached hydrogens (primary N) is 1. The van der Waals surface area contributed by atoms with Crippen molar-refractivity contribution in [3.8, 4) is 0 Å². The molecule has 2 N–H and O–H groups in total. The van der Waals surface area contributed by atoms with Crippen LogP contribution in [0.3, 0.4) is 0 Å². The lowest BCUT2D eigenvalue weighted by atomic mass is 10.1. The topological polar surface area (TPSA) is 51.8 Å². The molecule has 0 atom stereocenters. The van der Waals surface area contributed by atoms with Crippen molar-refractivity contribution in [3.05, 3.63) is 47.7 Å². The van der Waals surface area contributed by atoms with Gasteiger partial charge in [-0.15, -0.1) is 0 Å². The highest BCUT2D eigenvalue weighted by Gasteiger charge is 2.01. The van der Waals surface area contributed by atoms with Crippen molar-refractivity contribution in [3.63, 3.8) is 0 Å². The second-order valence-corrected chi connectivity index (χ2v) is 5.22. The number of aryl methyl sites for hydroxylation is 2. The van der Waals surface area contributed by atoms with Gasteiger partial charge in [-0.25, -0.2) is 9.97 Å². The number of nitrogens with zero attached hydrogens (tertiary/aromatic N) is 2. The van der Waals surface area contributed by atoms with Crippen LogP contribution in [0, 0.1) is 6.92 Å². The molecule has 0 aliphatic heterocycles. The fraction of sp³-hybridized carbons (Fsp3) is 0.286. The number of anilines is 1. The Morgan fingerprint density at radius 3 is 2.67 bits per heavy atom. The molecule has 0 aliphatic carbocycles. The molecule has 94 valence electrons. The van der Waals surface area contributed by atoms with Crippen LogP contribution >= 0.6 is 11.8 Å². The van der Waals surface area contributed by atoms with Gasteiger partial charge in [-0.1, -0.05) is 42.1 Å². The van der Waals surface area contributed by atoms with Crippen molar-refractivity contribution in [2.24, 2.45) is 0 Å². The quantitative estimate of drug-likeness (QED) is 0.509. The number of thioether (sulfide) groups is 1. The molecule has 18 heavy (non-hydrogen) atoms. The zero-order chi connectivity index (χ0) is 12.8. The third kappa shape index (κ3) is 4.04. The van der Waals surface area contributed by atoms with E-state index in [-0.39, 0.29) is 0 Å². The molecule has 2 rings (SSSR count). The van der Waals surface area contributed by atoms with Gasteiger partial charge in [-0.3, -0.25) is 0 Å². The summed E-state index contributed by atoms with van der Waals surface area (Å²) < 4.78 is 0. The smallest absolute Gasteiger partial charge is 0.189 e. The molecule has 1 aromatic carbocycles. The first kappa shape index (κ1) is 12.9. The Bertz CT molecular complexity index is 479. The van der Waals surface area contributed by atoms with Crippen molar-refractivity contribution < 1.29 is 0 Å². The van der Waals surface area contributed by atoms with Crippen LogP contribution in [0.2, 0.25) is 0 Å². The molecule has 4 heteroatoms. The first-order chi connectivity index (χ1) is 8.74. The van der Waals surface area contributed by atoms with E-state index in [1.165, 1.54) is 5.56 Å². The molecule has 0 amide bonds. The third-order valence-corrected chi connectivity index (χ3v) is 3.47. The monoisotopic (exact) mass is 259 g/mol. The summed E-state index contributed by atoms with van der Waals surface area (Å²) >= 11 is 1.67. The van der Waals surface area contributed by atoms with Gasteiger partial charge in [0.1, 0.15) is 5.82 Å². The van der Waals surface area contributed by atoms with Crippen LogP contribution in [-0.2, 0) is 6.42 Å². The van der Waals surface area contributed by atoms with Gasteiger partial charge >= 0.3 is 0 Å². The summed E-state index contributed by atoms with van der Waals surface area (Å²) in [5.74, 6) is 1.56. The second-order valence-electron chi connectivity index (χ2n) is 4.15. The second kappa shape index (κ2) is 6.40. The zero-order valence-corrected chi connectivity index (χ0v) is 11.3. The molecular weight excluding hydrogens is 242 g/mol. The maximum atomic E-state index is 5.69. The van der Waals surface area contributed by atoms with Gasteiger partial charge in [0.25, 0.3) is 0 Å². The summed E-state index contributed by atoms with van der Waals surface area (Å²) in [6, 6.07) is 12.3. The van der Waals surface area contributed by atoms with Gasteiger partial charge in [0.15, 0.2) is 5.16 Å². The van der Waals surface area contributed by atoms with E-state index in [4.69, 9.17) is 5.73 Å². The standard InChI is InChI=1S/C14H17N3S/c1-11-10-13(15)17-14(16-11)18-9-5-8-12-6-3-2-4-7-12/h2-4,6-7,10H,5,8-9H2,1H3,(H2,15,16,17). The van der Waals surface area contributed by atoms with Crippen molar-refractivity contribution in [1.29, 1.82) is 0 Å². The highest BCUT2D eigenvalue weighted by atomic mass is 32.2. The minimum absolute atomic E-state index is 0.549. The molecule has 2 aromatic rings. The Kier molecular flexibility index (Phi) is 4.59. The Hall–Kier alpha value is -1.55. The maximum absolute atomic E-state index is 5.69. The van der Waals surface area contributed by atoms with Gasteiger partial charge in [-0.2, -0.15) is 0 Å². The summed E-state index contributed by atoms with van der Waals surface area (Å²) in [5, 5.41) is 0.778. The molecule has 0 aliphatic rings. The average molecular weight is 259 g/mol. The van der Waals surface area contributed by atoms with E-state index >= 15 is 0 Å². The summed E-state index contributed by atoms with van der Waals surface area (Å²) in [5.41, 5.74) is 7.99. The first-order valence-corrected chi connectivity index (χ1v) is 7.00. The third-order valence-electron chi connectivity index (χ3n) is 2.54. The van der Waals surface area contributed by atoms with E-state index in [2.05, 4.69) is 34.2 Å². The number of benzene rings is 1. The fourth-order valence-electron chi connectivity index (χ4n) is 1.71. The van der Waals surface area contributed by atoms with E-state index in [0.29, 0.717) is 5.82 Å². The Labute approximate surface area is 112 Å². The minimum Gasteiger partial charge on any atom is -0.384 e. The normalized spacial score (nSPS) is 10.5. The maximum Gasteiger partial charge on any atom is 0.189 e. The van der Waals surface area contributed by atoms with Crippen molar-refractivity contribution in [1.82, 2.24) is 9.97 Å². The van der Waals surface area contributed by atoms with E-state index in [9.17, 15) is 0 Å². The molecular formula is C14H17N3S. The SMILES string of the molecule is Cc1cc(N)nc(SCCCc2ccccc2)n1. The lowest BCUT2D eigenvalue weighted by Gasteiger charge is -2.03. The van der Waals surface area contributed by atoms with E-state index in [0.717, 1.165) is 29.4 Å². The fourth-order valence-corrected chi connectivity index (χ4v) is 2.56. The van der Waals surface area contributed by atoms with Crippen LogP contribution in [0.4, 0.5) is 5.82 Å². The lowest BCUT2D eigenvalue weighted by molar-refractivity contribution is 0.910. The zero-order valence-electron chi connectivity index (χ0n) is 10.5. The largest absolute Gasteiger partial charge is 0.384 e. The molecule has 3 nitrogen and oxygen atoms in total. The van der Waals surface area contributed by atoms with Crippen molar-refractivity contribution in [2.75, 3.05) is 11.5 Å². The molecule has 1 heterocycles. The van der Waals surface area contributed by atoms with Crippen LogP contribution in [0.5, 0.6) is 0 Å². The van der Waals surface area contributed by atoms with Crippen molar-refractivity contribution in [2.45, 2.75) is 24.9 Å². The van der Waals surface area contributed by atoms with Crippen LogP contribution in [0.1, 0.15) is 17.7 Å². The van der Waals surface area contributed by atoms with Crippen LogP contribution in [0.15, 0.2) is 41.6 Å². The Morgan fingerprint density at radius 1 is 1.17 bits per heavy atom. The number of hydrogen-bond acceptors (Lipinski definition) is 4. The van der Waals surface area contributed by atoms with Gasteiger partial charge < -0.3 is 5.73 Å². The number of aromatic nitrogens is 2. The average Bonchev–Trinajstić information content (AvgIpc) is 2.35. The number of hydrogen-bond donors (Lipinski definition) is 1. The van der Waals surface area contributed by atoms with E-state index in [1.807, 2.05) is 13.0 Å². The molecule has 0 fully saturated rings. The van der Waals surface area contributed by atoms with Gasteiger partial charge in [0.05, 0.1) is 0 Å². The van der Waals surface area contributed by atoms with Gasteiger partial charge in [0, 0.05) is 17.5 Å². The van der Waals surface area contributed by atoms with E-state index < -0.39 is 0 Å². The summed E-state index contributed by atoms with van der Waals surface area (Å²) in [7, 11) is 0. The van der Waals surface area contributed by atoms with E-state index in [1.54, 1.807) is 17.8 Å². The van der Waals surface area contributed by atoms with Crippen LogP contribution in [-0.4, -0.2) is 15.7 Å². The molecule has 1 aromatic heterocycles.